The van der Waals surface area contributed by atoms with Gasteiger partial charge in [-0.3, -0.25) is 4.79 Å². The maximum Gasteiger partial charge on any atom is 0.240 e. The van der Waals surface area contributed by atoms with Crippen molar-refractivity contribution >= 4 is 18.3 Å². The maximum atomic E-state index is 12.2. The molecule has 2 atom stereocenters. The number of carbonyl (C=O) groups is 1. The molecule has 1 aromatic heterocycles. The molecule has 0 aromatic carbocycles. The molecule has 0 radical (unpaired) electrons. The number of methoxy groups -OCH3 is 1. The largest absolute Gasteiger partial charge is 0.377 e. The number of aromatic nitrogens is 3. The number of rotatable bonds is 6. The molecule has 1 amide bonds. The molecule has 3 N–H and O–H groups in total. The standard InChI is InChI=1S/C14H25N5O2.ClH/c1-4-7-14(2,15)13(20)16-10-5-6-12-17-11(9-21-3)18-19(12)8-10;/h10H,4-9,15H2,1-3H3,(H,16,20);1H. The van der Waals surface area contributed by atoms with Gasteiger partial charge in [-0.25, -0.2) is 9.67 Å². The highest BCUT2D eigenvalue weighted by Gasteiger charge is 2.30. The number of aryl methyl sites for hydroxylation is 1. The average molecular weight is 332 g/mol. The molecular formula is C14H26ClN5O2. The Bertz CT molecular complexity index is 503. The zero-order valence-corrected chi connectivity index (χ0v) is 14.3. The number of nitrogens with one attached hydrogen (secondary N) is 1. The number of fused-ring (bicyclic) bond motifs is 1. The normalized spacial score (nSPS) is 19.7. The first-order valence-corrected chi connectivity index (χ1v) is 7.47. The molecule has 8 heteroatoms. The number of nitrogens with two attached hydrogens (primary N) is 1. The van der Waals surface area contributed by atoms with Gasteiger partial charge in [-0.1, -0.05) is 13.3 Å². The summed E-state index contributed by atoms with van der Waals surface area (Å²) in [6.45, 7) is 4.86. The second kappa shape index (κ2) is 7.89. The van der Waals surface area contributed by atoms with Gasteiger partial charge in [0.15, 0.2) is 5.82 Å². The van der Waals surface area contributed by atoms with E-state index >= 15 is 0 Å². The van der Waals surface area contributed by atoms with E-state index < -0.39 is 5.54 Å². The highest BCUT2D eigenvalue weighted by atomic mass is 35.5. The van der Waals surface area contributed by atoms with Gasteiger partial charge < -0.3 is 15.8 Å². The van der Waals surface area contributed by atoms with Crippen molar-refractivity contribution in [3.63, 3.8) is 0 Å². The molecule has 22 heavy (non-hydrogen) atoms. The van der Waals surface area contributed by atoms with Crippen molar-refractivity contribution in [1.82, 2.24) is 20.1 Å². The molecule has 0 aliphatic carbocycles. The minimum atomic E-state index is -0.807. The van der Waals surface area contributed by atoms with Crippen molar-refractivity contribution in [1.29, 1.82) is 0 Å². The Morgan fingerprint density at radius 1 is 1.59 bits per heavy atom. The second-order valence-corrected chi connectivity index (χ2v) is 5.94. The molecule has 2 unspecified atom stereocenters. The van der Waals surface area contributed by atoms with Gasteiger partial charge in [-0.15, -0.1) is 12.4 Å². The lowest BCUT2D eigenvalue weighted by molar-refractivity contribution is -0.127. The Labute approximate surface area is 137 Å². The Kier molecular flexibility index (Phi) is 6.77. The SMILES string of the molecule is CCCC(C)(N)C(=O)NC1CCc2nc(COC)nn2C1.Cl. The van der Waals surface area contributed by atoms with E-state index in [1.165, 1.54) is 0 Å². The van der Waals surface area contributed by atoms with Gasteiger partial charge in [0.25, 0.3) is 0 Å². The summed E-state index contributed by atoms with van der Waals surface area (Å²) in [4.78, 5) is 16.7. The van der Waals surface area contributed by atoms with Crippen LogP contribution < -0.4 is 11.1 Å². The number of hydrogen-bond acceptors (Lipinski definition) is 5. The van der Waals surface area contributed by atoms with Gasteiger partial charge >= 0.3 is 0 Å². The number of halogens is 1. The predicted molar refractivity (Wildman–Crippen MR) is 85.7 cm³/mol. The molecule has 7 nitrogen and oxygen atoms in total. The molecule has 0 fully saturated rings. The van der Waals surface area contributed by atoms with Crippen LogP contribution in [0, 0.1) is 0 Å². The van der Waals surface area contributed by atoms with Gasteiger partial charge in [-0.2, -0.15) is 5.10 Å². The lowest BCUT2D eigenvalue weighted by Crippen LogP contribution is -2.55. The summed E-state index contributed by atoms with van der Waals surface area (Å²) in [5, 5.41) is 7.44. The fourth-order valence-corrected chi connectivity index (χ4v) is 2.65. The van der Waals surface area contributed by atoms with E-state index in [4.69, 9.17) is 10.5 Å². The quantitative estimate of drug-likeness (QED) is 0.803. The lowest BCUT2D eigenvalue weighted by atomic mass is 9.95. The van der Waals surface area contributed by atoms with Crippen molar-refractivity contribution in [3.8, 4) is 0 Å². The fraction of sp³-hybridized carbons (Fsp3) is 0.786. The van der Waals surface area contributed by atoms with E-state index in [9.17, 15) is 4.79 Å². The van der Waals surface area contributed by atoms with Crippen molar-refractivity contribution in [3.05, 3.63) is 11.6 Å². The third kappa shape index (κ3) is 4.41. The molecule has 1 aromatic rings. The first-order valence-electron chi connectivity index (χ1n) is 7.47. The summed E-state index contributed by atoms with van der Waals surface area (Å²) < 4.78 is 6.90. The summed E-state index contributed by atoms with van der Waals surface area (Å²) in [6.07, 6.45) is 3.23. The third-order valence-electron chi connectivity index (χ3n) is 3.80. The highest BCUT2D eigenvalue weighted by molar-refractivity contribution is 5.86. The van der Waals surface area contributed by atoms with Crippen molar-refractivity contribution in [2.75, 3.05) is 7.11 Å². The van der Waals surface area contributed by atoms with E-state index in [0.29, 0.717) is 25.4 Å². The highest BCUT2D eigenvalue weighted by Crippen LogP contribution is 2.15. The Morgan fingerprint density at radius 2 is 2.32 bits per heavy atom. The van der Waals surface area contributed by atoms with Crippen LogP contribution in [-0.4, -0.2) is 39.4 Å². The summed E-state index contributed by atoms with van der Waals surface area (Å²) in [5.74, 6) is 1.56. The van der Waals surface area contributed by atoms with E-state index in [1.807, 2.05) is 11.6 Å². The number of carbonyl (C=O) groups excluding carboxylic acids is 1. The zero-order valence-electron chi connectivity index (χ0n) is 13.5. The van der Waals surface area contributed by atoms with E-state index in [2.05, 4.69) is 15.4 Å². The van der Waals surface area contributed by atoms with Gasteiger partial charge in [0.2, 0.25) is 5.91 Å². The molecule has 1 aliphatic heterocycles. The van der Waals surface area contributed by atoms with Crippen LogP contribution >= 0.6 is 12.4 Å². The van der Waals surface area contributed by atoms with Crippen LogP contribution in [0.5, 0.6) is 0 Å². The maximum absolute atomic E-state index is 12.2. The van der Waals surface area contributed by atoms with Crippen molar-refractivity contribution in [2.24, 2.45) is 5.73 Å². The molecule has 2 heterocycles. The van der Waals surface area contributed by atoms with Gasteiger partial charge in [0, 0.05) is 19.6 Å². The van der Waals surface area contributed by atoms with Crippen LogP contribution in [0.4, 0.5) is 0 Å². The predicted octanol–water partition coefficient (Wildman–Crippen LogP) is 0.795. The molecular weight excluding hydrogens is 306 g/mol. The molecule has 0 saturated carbocycles. The van der Waals surface area contributed by atoms with Gasteiger partial charge in [-0.05, 0) is 19.8 Å². The van der Waals surface area contributed by atoms with Gasteiger partial charge in [0.1, 0.15) is 12.4 Å². The summed E-state index contributed by atoms with van der Waals surface area (Å²) >= 11 is 0. The fourth-order valence-electron chi connectivity index (χ4n) is 2.65. The number of ether oxygens (including phenoxy) is 1. The number of hydrogen-bond donors (Lipinski definition) is 2. The first kappa shape index (κ1) is 18.9. The summed E-state index contributed by atoms with van der Waals surface area (Å²) in [7, 11) is 1.62. The average Bonchev–Trinajstić information content (AvgIpc) is 2.80. The van der Waals surface area contributed by atoms with Crippen LogP contribution in [0.25, 0.3) is 0 Å². The Balaban J connectivity index is 0.00000242. The number of nitrogens with zero attached hydrogens (tertiary/aromatic N) is 3. The second-order valence-electron chi connectivity index (χ2n) is 5.94. The van der Waals surface area contributed by atoms with Crippen LogP contribution in [-0.2, 0) is 29.1 Å². The van der Waals surface area contributed by atoms with Crippen molar-refractivity contribution in [2.45, 2.75) is 64.3 Å². The van der Waals surface area contributed by atoms with Gasteiger partial charge in [0.05, 0.1) is 12.1 Å². The van der Waals surface area contributed by atoms with Crippen LogP contribution in [0.3, 0.4) is 0 Å². The molecule has 0 saturated heterocycles. The van der Waals surface area contributed by atoms with E-state index in [0.717, 1.165) is 25.1 Å². The first-order chi connectivity index (χ1) is 9.96. The Morgan fingerprint density at radius 3 is 2.95 bits per heavy atom. The van der Waals surface area contributed by atoms with Crippen molar-refractivity contribution < 1.29 is 9.53 Å². The smallest absolute Gasteiger partial charge is 0.240 e. The molecule has 2 rings (SSSR count). The molecule has 1 aliphatic rings. The van der Waals surface area contributed by atoms with E-state index in [-0.39, 0.29) is 24.4 Å². The summed E-state index contributed by atoms with van der Waals surface area (Å²) in [5.41, 5.74) is 5.26. The monoisotopic (exact) mass is 331 g/mol. The topological polar surface area (TPSA) is 95.1 Å². The van der Waals surface area contributed by atoms with Crippen LogP contribution in [0.1, 0.15) is 44.8 Å². The van der Waals surface area contributed by atoms with E-state index in [1.54, 1.807) is 14.0 Å². The number of amides is 1. The zero-order chi connectivity index (χ0) is 15.5. The molecule has 0 bridgehead atoms. The molecule has 0 spiro atoms. The lowest BCUT2D eigenvalue weighted by Gasteiger charge is -2.29. The third-order valence-corrected chi connectivity index (χ3v) is 3.80. The Hall–Kier alpha value is -1.18. The van der Waals surface area contributed by atoms with Crippen LogP contribution in [0.15, 0.2) is 0 Å². The minimum Gasteiger partial charge on any atom is -0.377 e. The molecule has 126 valence electrons. The minimum absolute atomic E-state index is 0. The summed E-state index contributed by atoms with van der Waals surface area (Å²) in [6, 6.07) is 0.0572. The van der Waals surface area contributed by atoms with Crippen LogP contribution in [0.2, 0.25) is 0 Å².